The maximum absolute atomic E-state index is 4.23. The Balaban J connectivity index is 1.95. The molecule has 1 fully saturated rings. The zero-order valence-corrected chi connectivity index (χ0v) is 11.7. The van der Waals surface area contributed by atoms with Crippen molar-refractivity contribution in [1.82, 2.24) is 20.2 Å². The van der Waals surface area contributed by atoms with Gasteiger partial charge < -0.3 is 0 Å². The van der Waals surface area contributed by atoms with Crippen molar-refractivity contribution < 1.29 is 0 Å². The third kappa shape index (κ3) is 2.32. The van der Waals surface area contributed by atoms with Crippen LogP contribution in [0.2, 0.25) is 0 Å². The molecule has 1 heterocycles. The molecule has 1 aliphatic rings. The van der Waals surface area contributed by atoms with Crippen molar-refractivity contribution in [2.45, 2.75) is 38.0 Å². The van der Waals surface area contributed by atoms with Gasteiger partial charge in [0.2, 0.25) is 0 Å². The summed E-state index contributed by atoms with van der Waals surface area (Å²) >= 11 is 3.49. The van der Waals surface area contributed by atoms with Gasteiger partial charge in [-0.25, -0.2) is 0 Å². The molecule has 1 saturated carbocycles. The Bertz CT molecular complexity index is 531. The zero-order valence-electron chi connectivity index (χ0n) is 10.1. The molecule has 94 valence electrons. The van der Waals surface area contributed by atoms with Crippen LogP contribution in [0.5, 0.6) is 0 Å². The van der Waals surface area contributed by atoms with Gasteiger partial charge >= 0.3 is 0 Å². The first-order chi connectivity index (χ1) is 8.84. The fourth-order valence-electron chi connectivity index (χ4n) is 2.60. The fourth-order valence-corrected chi connectivity index (χ4v) is 2.99. The molecule has 1 aromatic carbocycles. The van der Waals surface area contributed by atoms with Gasteiger partial charge in [-0.05, 0) is 41.5 Å². The van der Waals surface area contributed by atoms with Crippen LogP contribution in [0.1, 0.15) is 43.8 Å². The van der Waals surface area contributed by atoms with Crippen LogP contribution in [-0.4, -0.2) is 20.2 Å². The molecule has 0 atom stereocenters. The highest BCUT2D eigenvalue weighted by Crippen LogP contribution is 2.32. The molecule has 5 heteroatoms. The summed E-state index contributed by atoms with van der Waals surface area (Å²) in [5, 5.41) is 12.2. The van der Waals surface area contributed by atoms with Gasteiger partial charge in [-0.3, -0.25) is 0 Å². The summed E-state index contributed by atoms with van der Waals surface area (Å²) in [6, 6.07) is 8.09. The molecule has 4 nitrogen and oxygen atoms in total. The van der Waals surface area contributed by atoms with Crippen LogP contribution < -0.4 is 0 Å². The largest absolute Gasteiger partial charge is 0.197 e. The summed E-state index contributed by atoms with van der Waals surface area (Å²) in [5.74, 6) is 1.51. The van der Waals surface area contributed by atoms with E-state index in [0.29, 0.717) is 5.92 Å². The third-order valence-electron chi connectivity index (χ3n) is 3.52. The van der Waals surface area contributed by atoms with Gasteiger partial charge in [-0.1, -0.05) is 41.3 Å². The highest BCUT2D eigenvalue weighted by atomic mass is 79.9. The Morgan fingerprint density at radius 3 is 2.78 bits per heavy atom. The Morgan fingerprint density at radius 1 is 1.17 bits per heavy atom. The summed E-state index contributed by atoms with van der Waals surface area (Å²) in [4.78, 5) is 0. The average molecular weight is 307 g/mol. The normalized spacial score (nSPS) is 16.9. The van der Waals surface area contributed by atoms with E-state index in [4.69, 9.17) is 0 Å². The zero-order chi connectivity index (χ0) is 12.4. The molecule has 0 N–H and O–H groups in total. The second-order valence-electron chi connectivity index (χ2n) is 4.76. The second-order valence-corrected chi connectivity index (χ2v) is 5.68. The molecule has 0 aliphatic heterocycles. The Kier molecular flexibility index (Phi) is 3.41. The summed E-state index contributed by atoms with van der Waals surface area (Å²) in [6.45, 7) is 0. The van der Waals surface area contributed by atoms with Crippen LogP contribution in [0.3, 0.4) is 0 Å². The van der Waals surface area contributed by atoms with E-state index in [9.17, 15) is 0 Å². The van der Waals surface area contributed by atoms with Crippen LogP contribution in [0, 0.1) is 0 Å². The minimum Gasteiger partial charge on any atom is -0.197 e. The highest BCUT2D eigenvalue weighted by Gasteiger charge is 2.22. The Labute approximate surface area is 115 Å². The number of nitrogens with zero attached hydrogens (tertiary/aromatic N) is 4. The summed E-state index contributed by atoms with van der Waals surface area (Å²) in [6.07, 6.45) is 6.32. The van der Waals surface area contributed by atoms with Gasteiger partial charge in [-0.15, -0.1) is 5.10 Å². The first-order valence-electron chi connectivity index (χ1n) is 6.39. The van der Waals surface area contributed by atoms with Gasteiger partial charge in [0.1, 0.15) is 0 Å². The topological polar surface area (TPSA) is 43.6 Å². The molecular weight excluding hydrogens is 292 g/mol. The lowest BCUT2D eigenvalue weighted by Gasteiger charge is -2.20. The van der Waals surface area contributed by atoms with Gasteiger partial charge in [0, 0.05) is 10.4 Å². The van der Waals surface area contributed by atoms with Crippen LogP contribution in [0.4, 0.5) is 0 Å². The Morgan fingerprint density at radius 2 is 2.00 bits per heavy atom. The van der Waals surface area contributed by atoms with Crippen LogP contribution in [0.15, 0.2) is 28.7 Å². The molecule has 1 aliphatic carbocycles. The number of hydrogen-bond acceptors (Lipinski definition) is 3. The second kappa shape index (κ2) is 5.18. The van der Waals surface area contributed by atoms with Crippen molar-refractivity contribution >= 4 is 15.9 Å². The maximum atomic E-state index is 4.23. The van der Waals surface area contributed by atoms with Crippen LogP contribution in [-0.2, 0) is 0 Å². The molecular formula is C13H15BrN4. The van der Waals surface area contributed by atoms with Crippen LogP contribution in [0.25, 0.3) is 5.69 Å². The molecule has 0 saturated heterocycles. The molecule has 0 amide bonds. The molecule has 0 spiro atoms. The number of tetrazole rings is 1. The molecule has 0 radical (unpaired) electrons. The predicted molar refractivity (Wildman–Crippen MR) is 72.7 cm³/mol. The van der Waals surface area contributed by atoms with E-state index in [1.54, 1.807) is 0 Å². The summed E-state index contributed by atoms with van der Waals surface area (Å²) in [5.41, 5.74) is 1.02. The Hall–Kier alpha value is -1.23. The predicted octanol–water partition coefficient (Wildman–Crippen LogP) is 3.47. The quantitative estimate of drug-likeness (QED) is 0.853. The van der Waals surface area contributed by atoms with Crippen molar-refractivity contribution in [3.05, 3.63) is 34.6 Å². The maximum Gasteiger partial charge on any atom is 0.159 e. The monoisotopic (exact) mass is 306 g/mol. The summed E-state index contributed by atoms with van der Waals surface area (Å²) < 4.78 is 2.92. The smallest absolute Gasteiger partial charge is 0.159 e. The molecule has 0 bridgehead atoms. The van der Waals surface area contributed by atoms with Crippen molar-refractivity contribution in [2.24, 2.45) is 0 Å². The van der Waals surface area contributed by atoms with E-state index < -0.39 is 0 Å². The van der Waals surface area contributed by atoms with Gasteiger partial charge in [-0.2, -0.15) is 4.68 Å². The highest BCUT2D eigenvalue weighted by molar-refractivity contribution is 9.10. The average Bonchev–Trinajstić information content (AvgIpc) is 2.89. The van der Waals surface area contributed by atoms with E-state index in [2.05, 4.69) is 31.5 Å². The first-order valence-corrected chi connectivity index (χ1v) is 7.18. The number of aromatic nitrogens is 4. The number of benzene rings is 1. The standard InChI is InChI=1S/C13H15BrN4/c14-11-7-4-8-12(9-11)18-13(15-16-17-18)10-5-2-1-3-6-10/h4,7-10H,1-3,5-6H2. The lowest BCUT2D eigenvalue weighted by atomic mass is 9.89. The minimum absolute atomic E-state index is 0.507. The van der Waals surface area contributed by atoms with Crippen molar-refractivity contribution in [3.8, 4) is 5.69 Å². The van der Waals surface area contributed by atoms with E-state index in [1.807, 2.05) is 28.9 Å². The van der Waals surface area contributed by atoms with E-state index in [0.717, 1.165) is 16.0 Å². The van der Waals surface area contributed by atoms with Gasteiger partial charge in [0.25, 0.3) is 0 Å². The minimum atomic E-state index is 0.507. The lowest BCUT2D eigenvalue weighted by molar-refractivity contribution is 0.422. The molecule has 1 aromatic heterocycles. The van der Waals surface area contributed by atoms with Crippen molar-refractivity contribution in [2.75, 3.05) is 0 Å². The van der Waals surface area contributed by atoms with Gasteiger partial charge in [0.05, 0.1) is 5.69 Å². The van der Waals surface area contributed by atoms with E-state index >= 15 is 0 Å². The van der Waals surface area contributed by atoms with Crippen molar-refractivity contribution in [1.29, 1.82) is 0 Å². The molecule has 2 aromatic rings. The lowest BCUT2D eigenvalue weighted by Crippen LogP contribution is -2.12. The van der Waals surface area contributed by atoms with E-state index in [-0.39, 0.29) is 0 Å². The number of rotatable bonds is 2. The SMILES string of the molecule is Brc1cccc(-n2nnnc2C2CCCCC2)c1. The van der Waals surface area contributed by atoms with Crippen LogP contribution >= 0.6 is 15.9 Å². The van der Waals surface area contributed by atoms with Gasteiger partial charge in [0.15, 0.2) is 5.82 Å². The summed E-state index contributed by atoms with van der Waals surface area (Å²) in [7, 11) is 0. The molecule has 18 heavy (non-hydrogen) atoms. The third-order valence-corrected chi connectivity index (χ3v) is 4.01. The first kappa shape index (κ1) is 11.8. The van der Waals surface area contributed by atoms with Crippen molar-refractivity contribution in [3.63, 3.8) is 0 Å². The molecule has 0 unspecified atom stereocenters. The fraction of sp³-hybridized carbons (Fsp3) is 0.462. The number of hydrogen-bond donors (Lipinski definition) is 0. The number of halogens is 1. The van der Waals surface area contributed by atoms with E-state index in [1.165, 1.54) is 32.1 Å². The molecule has 3 rings (SSSR count).